The molecule has 0 aliphatic heterocycles. The van der Waals surface area contributed by atoms with E-state index in [4.69, 9.17) is 17.3 Å². The van der Waals surface area contributed by atoms with Gasteiger partial charge in [0.15, 0.2) is 5.96 Å². The van der Waals surface area contributed by atoms with Crippen LogP contribution in [0, 0.1) is 0 Å². The first-order valence-corrected chi connectivity index (χ1v) is 7.43. The molecule has 0 heterocycles. The lowest BCUT2D eigenvalue weighted by Crippen LogP contribution is -2.41. The number of aliphatic imine (C=N–C) groups is 1. The normalized spacial score (nSPS) is 16.6. The highest BCUT2D eigenvalue weighted by Crippen LogP contribution is 2.17. The summed E-state index contributed by atoms with van der Waals surface area (Å²) in [5.41, 5.74) is 7.11. The minimum absolute atomic E-state index is 0. The molecule has 3 nitrogen and oxygen atoms in total. The van der Waals surface area contributed by atoms with E-state index in [0.717, 1.165) is 11.4 Å². The lowest BCUT2D eigenvalue weighted by molar-refractivity contribution is 0.412. The second-order valence-corrected chi connectivity index (χ2v) is 5.56. The lowest BCUT2D eigenvalue weighted by atomic mass is 9.96. The van der Waals surface area contributed by atoms with E-state index in [2.05, 4.69) is 16.4 Å². The third-order valence-electron chi connectivity index (χ3n) is 3.53. The summed E-state index contributed by atoms with van der Waals surface area (Å²) < 4.78 is 0. The van der Waals surface area contributed by atoms with E-state index in [9.17, 15) is 0 Å². The fourth-order valence-corrected chi connectivity index (χ4v) is 2.71. The van der Waals surface area contributed by atoms with Crippen LogP contribution in [0.4, 0.5) is 0 Å². The Labute approximate surface area is 143 Å². The van der Waals surface area contributed by atoms with Crippen molar-refractivity contribution in [3.8, 4) is 0 Å². The average Bonchev–Trinajstić information content (AvgIpc) is 2.40. The number of nitrogens with zero attached hydrogens (tertiary/aromatic N) is 1. The molecule has 0 bridgehead atoms. The van der Waals surface area contributed by atoms with Gasteiger partial charge in [-0.1, -0.05) is 43.0 Å². The van der Waals surface area contributed by atoms with Crippen LogP contribution < -0.4 is 11.1 Å². The third kappa shape index (κ3) is 6.31. The lowest BCUT2D eigenvalue weighted by Gasteiger charge is -2.23. The zero-order valence-corrected chi connectivity index (χ0v) is 14.7. The van der Waals surface area contributed by atoms with Gasteiger partial charge in [-0.15, -0.1) is 24.0 Å². The molecular weight excluding hydrogens is 385 g/mol. The van der Waals surface area contributed by atoms with Gasteiger partial charge >= 0.3 is 0 Å². The average molecular weight is 408 g/mol. The van der Waals surface area contributed by atoms with Gasteiger partial charge in [-0.25, -0.2) is 0 Å². The van der Waals surface area contributed by atoms with Gasteiger partial charge in [0, 0.05) is 17.6 Å². The highest BCUT2D eigenvalue weighted by atomic mass is 127. The van der Waals surface area contributed by atoms with Crippen molar-refractivity contribution < 1.29 is 0 Å². The van der Waals surface area contributed by atoms with Gasteiger partial charge in [-0.05, 0) is 37.0 Å². The molecule has 1 aromatic rings. The van der Waals surface area contributed by atoms with Crippen LogP contribution in [0.5, 0.6) is 0 Å². The van der Waals surface area contributed by atoms with E-state index in [0.29, 0.717) is 18.5 Å². The van der Waals surface area contributed by atoms with Crippen LogP contribution in [-0.2, 0) is 6.42 Å². The van der Waals surface area contributed by atoms with Crippen molar-refractivity contribution >= 4 is 41.5 Å². The number of halogens is 2. The molecule has 0 amide bonds. The SMILES string of the molecule is I.NC(=NCCc1cccc(Cl)c1)NC1CCCCC1. The standard InChI is InChI=1S/C15H22ClN3.HI/c16-13-6-4-5-12(11-13)9-10-18-15(17)19-14-7-2-1-3-8-14;/h4-6,11,14H,1-3,7-10H2,(H3,17,18,19);1H. The van der Waals surface area contributed by atoms with Crippen LogP contribution in [0.1, 0.15) is 37.7 Å². The Morgan fingerprint density at radius 3 is 2.75 bits per heavy atom. The maximum atomic E-state index is 5.94. The van der Waals surface area contributed by atoms with E-state index < -0.39 is 0 Å². The van der Waals surface area contributed by atoms with Crippen molar-refractivity contribution in [2.24, 2.45) is 10.7 Å². The van der Waals surface area contributed by atoms with Gasteiger partial charge in [0.25, 0.3) is 0 Å². The predicted octanol–water partition coefficient (Wildman–Crippen LogP) is 3.74. The maximum Gasteiger partial charge on any atom is 0.188 e. The second-order valence-electron chi connectivity index (χ2n) is 5.13. The zero-order valence-electron chi connectivity index (χ0n) is 11.6. The van der Waals surface area contributed by atoms with Crippen LogP contribution in [0.2, 0.25) is 5.02 Å². The monoisotopic (exact) mass is 407 g/mol. The molecule has 0 aromatic heterocycles. The molecule has 1 aliphatic carbocycles. The molecule has 2 rings (SSSR count). The summed E-state index contributed by atoms with van der Waals surface area (Å²) in [7, 11) is 0. The largest absolute Gasteiger partial charge is 0.370 e. The number of hydrogen-bond donors (Lipinski definition) is 2. The molecule has 5 heteroatoms. The van der Waals surface area contributed by atoms with Gasteiger partial charge < -0.3 is 11.1 Å². The van der Waals surface area contributed by atoms with Crippen molar-refractivity contribution in [1.82, 2.24) is 5.32 Å². The van der Waals surface area contributed by atoms with Crippen molar-refractivity contribution in [2.75, 3.05) is 6.54 Å². The number of nitrogens with two attached hydrogens (primary N) is 1. The highest BCUT2D eigenvalue weighted by Gasteiger charge is 2.12. The van der Waals surface area contributed by atoms with Crippen LogP contribution >= 0.6 is 35.6 Å². The second kappa shape index (κ2) is 9.45. The molecule has 3 N–H and O–H groups in total. The Hall–Kier alpha value is -0.490. The molecule has 1 fully saturated rings. The smallest absolute Gasteiger partial charge is 0.188 e. The minimum Gasteiger partial charge on any atom is -0.370 e. The summed E-state index contributed by atoms with van der Waals surface area (Å²) in [5.74, 6) is 0.578. The van der Waals surface area contributed by atoms with Gasteiger partial charge in [0.1, 0.15) is 0 Å². The van der Waals surface area contributed by atoms with Crippen LogP contribution in [0.15, 0.2) is 29.3 Å². The fraction of sp³-hybridized carbons (Fsp3) is 0.533. The number of benzene rings is 1. The van der Waals surface area contributed by atoms with E-state index in [1.807, 2.05) is 18.2 Å². The Kier molecular flexibility index (Phi) is 8.30. The van der Waals surface area contributed by atoms with Gasteiger partial charge in [0.05, 0.1) is 0 Å². The van der Waals surface area contributed by atoms with Gasteiger partial charge in [-0.3, -0.25) is 4.99 Å². The minimum atomic E-state index is 0. The fourth-order valence-electron chi connectivity index (χ4n) is 2.50. The number of rotatable bonds is 4. The Balaban J connectivity index is 0.00000200. The van der Waals surface area contributed by atoms with Crippen molar-refractivity contribution in [2.45, 2.75) is 44.6 Å². The first kappa shape index (κ1) is 17.6. The van der Waals surface area contributed by atoms with Crippen molar-refractivity contribution in [3.63, 3.8) is 0 Å². The molecular formula is C15H23ClIN3. The number of guanidine groups is 1. The summed E-state index contributed by atoms with van der Waals surface area (Å²) in [6.07, 6.45) is 7.24. The molecule has 112 valence electrons. The first-order valence-electron chi connectivity index (χ1n) is 7.05. The Bertz CT molecular complexity index is 431. The maximum absolute atomic E-state index is 5.94. The molecule has 1 aromatic carbocycles. The molecule has 0 atom stereocenters. The molecule has 0 saturated heterocycles. The molecule has 0 spiro atoms. The van der Waals surface area contributed by atoms with E-state index in [1.54, 1.807) is 0 Å². The third-order valence-corrected chi connectivity index (χ3v) is 3.76. The summed E-state index contributed by atoms with van der Waals surface area (Å²) >= 11 is 5.94. The molecule has 0 radical (unpaired) electrons. The quantitative estimate of drug-likeness (QED) is 0.454. The van der Waals surface area contributed by atoms with Crippen LogP contribution in [0.3, 0.4) is 0 Å². The van der Waals surface area contributed by atoms with Crippen molar-refractivity contribution in [3.05, 3.63) is 34.9 Å². The first-order chi connectivity index (χ1) is 9.24. The summed E-state index contributed by atoms with van der Waals surface area (Å²) in [4.78, 5) is 4.38. The van der Waals surface area contributed by atoms with Gasteiger partial charge in [-0.2, -0.15) is 0 Å². The van der Waals surface area contributed by atoms with Crippen LogP contribution in [-0.4, -0.2) is 18.5 Å². The molecule has 0 unspecified atom stereocenters. The van der Waals surface area contributed by atoms with Gasteiger partial charge in [0.2, 0.25) is 0 Å². The Morgan fingerprint density at radius 1 is 1.30 bits per heavy atom. The summed E-state index contributed by atoms with van der Waals surface area (Å²) in [6, 6.07) is 8.40. The van der Waals surface area contributed by atoms with Crippen molar-refractivity contribution in [1.29, 1.82) is 0 Å². The summed E-state index contributed by atoms with van der Waals surface area (Å²) in [6.45, 7) is 0.700. The molecule has 20 heavy (non-hydrogen) atoms. The zero-order chi connectivity index (χ0) is 13.5. The predicted molar refractivity (Wildman–Crippen MR) is 97.1 cm³/mol. The van der Waals surface area contributed by atoms with E-state index in [1.165, 1.54) is 37.7 Å². The molecule has 1 aliphatic rings. The van der Waals surface area contributed by atoms with E-state index in [-0.39, 0.29) is 24.0 Å². The summed E-state index contributed by atoms with van der Waals surface area (Å²) in [5, 5.41) is 4.09. The molecule has 1 saturated carbocycles. The highest BCUT2D eigenvalue weighted by molar-refractivity contribution is 14.0. The Morgan fingerprint density at radius 2 is 2.05 bits per heavy atom. The number of hydrogen-bond acceptors (Lipinski definition) is 1. The van der Waals surface area contributed by atoms with E-state index >= 15 is 0 Å². The topological polar surface area (TPSA) is 50.4 Å². The number of nitrogens with one attached hydrogen (secondary N) is 1. The van der Waals surface area contributed by atoms with Crippen LogP contribution in [0.25, 0.3) is 0 Å².